The van der Waals surface area contributed by atoms with Crippen molar-refractivity contribution >= 4 is 55.6 Å². The number of ether oxygens (including phenoxy) is 3. The summed E-state index contributed by atoms with van der Waals surface area (Å²) in [5.41, 5.74) is 1.37. The van der Waals surface area contributed by atoms with Crippen molar-refractivity contribution in [2.45, 2.75) is 50.7 Å². The van der Waals surface area contributed by atoms with Gasteiger partial charge in [0.2, 0.25) is 0 Å². The van der Waals surface area contributed by atoms with E-state index in [9.17, 15) is 4.79 Å². The number of halogens is 2. The fourth-order valence-electron chi connectivity index (χ4n) is 5.14. The van der Waals surface area contributed by atoms with E-state index in [4.69, 9.17) is 25.8 Å². The number of carbonyl (C=O) groups excluding carboxylic acids is 1. The van der Waals surface area contributed by atoms with Crippen LogP contribution in [0.25, 0.3) is 22.1 Å². The van der Waals surface area contributed by atoms with Crippen LogP contribution in [0.15, 0.2) is 47.6 Å². The van der Waals surface area contributed by atoms with Crippen LogP contribution < -0.4 is 4.74 Å². The van der Waals surface area contributed by atoms with Gasteiger partial charge in [-0.2, -0.15) is 0 Å². The smallest absolute Gasteiger partial charge is 0.303 e. The molecule has 180 valence electrons. The van der Waals surface area contributed by atoms with Crippen LogP contribution in [-0.2, 0) is 14.3 Å². The van der Waals surface area contributed by atoms with Gasteiger partial charge in [-0.3, -0.25) is 14.3 Å². The third-order valence-electron chi connectivity index (χ3n) is 6.92. The van der Waals surface area contributed by atoms with Crippen molar-refractivity contribution in [3.8, 4) is 5.75 Å². The van der Waals surface area contributed by atoms with Crippen molar-refractivity contribution < 1.29 is 19.0 Å². The average Bonchev–Trinajstić information content (AvgIpc) is 3.34. The Balaban J connectivity index is 1.24. The highest BCUT2D eigenvalue weighted by Gasteiger charge is 2.62. The zero-order valence-corrected chi connectivity index (χ0v) is 21.2. The Hall–Kier alpha value is -2.82. The minimum Gasteiger partial charge on any atom is -0.490 e. The van der Waals surface area contributed by atoms with E-state index in [1.807, 2.05) is 31.2 Å². The molecule has 1 saturated carbocycles. The fourth-order valence-corrected chi connectivity index (χ4v) is 5.67. The first kappa shape index (κ1) is 22.6. The molecule has 3 aromatic heterocycles. The molecule has 1 aromatic carbocycles. The first-order valence-corrected chi connectivity index (χ1v) is 12.4. The van der Waals surface area contributed by atoms with Crippen molar-refractivity contribution in [3.63, 3.8) is 0 Å². The summed E-state index contributed by atoms with van der Waals surface area (Å²) in [6.07, 6.45) is 4.95. The van der Waals surface area contributed by atoms with E-state index in [1.165, 1.54) is 13.3 Å². The molecule has 1 aliphatic heterocycles. The molecule has 1 unspecified atom stereocenters. The zero-order valence-electron chi connectivity index (χ0n) is 18.9. The Morgan fingerprint density at radius 1 is 1.23 bits per heavy atom. The van der Waals surface area contributed by atoms with Gasteiger partial charge >= 0.3 is 5.97 Å². The number of hydrogen-bond donors (Lipinski definition) is 0. The summed E-state index contributed by atoms with van der Waals surface area (Å²) in [7, 11) is 0. The summed E-state index contributed by atoms with van der Waals surface area (Å²) in [5, 5.41) is 1.29. The molecule has 9 nitrogen and oxygen atoms in total. The Kier molecular flexibility index (Phi) is 5.43. The highest BCUT2D eigenvalue weighted by atomic mass is 79.9. The van der Waals surface area contributed by atoms with Gasteiger partial charge in [0.1, 0.15) is 23.7 Å². The molecule has 3 atom stereocenters. The number of rotatable bonds is 4. The molecule has 35 heavy (non-hydrogen) atoms. The van der Waals surface area contributed by atoms with Gasteiger partial charge in [-0.25, -0.2) is 15.0 Å². The van der Waals surface area contributed by atoms with Crippen LogP contribution in [-0.4, -0.2) is 48.3 Å². The molecule has 4 heterocycles. The third kappa shape index (κ3) is 3.84. The van der Waals surface area contributed by atoms with Crippen molar-refractivity contribution in [3.05, 3.63) is 52.7 Å². The summed E-state index contributed by atoms with van der Waals surface area (Å²) in [4.78, 5) is 29.1. The lowest BCUT2D eigenvalue weighted by molar-refractivity contribution is -0.171. The van der Waals surface area contributed by atoms with Crippen LogP contribution in [0.1, 0.15) is 32.9 Å². The molecule has 6 rings (SSSR count). The van der Waals surface area contributed by atoms with Crippen LogP contribution in [0.5, 0.6) is 5.75 Å². The summed E-state index contributed by atoms with van der Waals surface area (Å²) >= 11 is 9.63. The predicted molar refractivity (Wildman–Crippen MR) is 131 cm³/mol. The average molecular weight is 559 g/mol. The standard InChI is InChI=1S/C24H21BrClN5O4/c1-12-20(33-13(2)32)23(31-11-30-19-21(26)28-10-29-22(19)31)35-24(12)7-17(8-24)34-16-4-3-14-5-15(25)9-27-18(14)6-16/h3-6,9-12,17,20,23H,7-8H2,1-2H3/t12-,17?,20?,23+,24?/m0/s1. The predicted octanol–water partition coefficient (Wildman–Crippen LogP) is 4.87. The van der Waals surface area contributed by atoms with Gasteiger partial charge in [0.15, 0.2) is 23.1 Å². The summed E-state index contributed by atoms with van der Waals surface area (Å²) in [6, 6.07) is 7.91. The lowest BCUT2D eigenvalue weighted by atomic mass is 9.69. The van der Waals surface area contributed by atoms with Gasteiger partial charge in [0.25, 0.3) is 0 Å². The molecule has 4 aromatic rings. The largest absolute Gasteiger partial charge is 0.490 e. The Morgan fingerprint density at radius 2 is 2.06 bits per heavy atom. The monoisotopic (exact) mass is 557 g/mol. The van der Waals surface area contributed by atoms with Crippen LogP contribution in [0.2, 0.25) is 5.15 Å². The summed E-state index contributed by atoms with van der Waals surface area (Å²) in [5.74, 6) is 0.325. The first-order chi connectivity index (χ1) is 16.8. The molecule has 0 amide bonds. The number of imidazole rings is 1. The molecule has 1 saturated heterocycles. The van der Waals surface area contributed by atoms with Crippen molar-refractivity contribution in [1.29, 1.82) is 0 Å². The SMILES string of the molecule is CC(=O)OC1[C@H](n2cnc3c(Cl)ncnc32)OC2(CC(Oc3ccc4cc(Br)cnc4c3)C2)[C@H]1C. The third-order valence-corrected chi connectivity index (χ3v) is 7.63. The van der Waals surface area contributed by atoms with Gasteiger partial charge in [0, 0.05) is 47.8 Å². The lowest BCUT2D eigenvalue weighted by Gasteiger charge is -2.46. The van der Waals surface area contributed by atoms with Gasteiger partial charge in [-0.05, 0) is 34.1 Å². The number of nitrogens with zero attached hydrogens (tertiary/aromatic N) is 5. The van der Waals surface area contributed by atoms with Crippen LogP contribution >= 0.6 is 27.5 Å². The number of benzene rings is 1. The number of hydrogen-bond acceptors (Lipinski definition) is 8. The minimum absolute atomic E-state index is 0.0293. The van der Waals surface area contributed by atoms with Gasteiger partial charge in [-0.15, -0.1) is 0 Å². The maximum atomic E-state index is 11.9. The van der Waals surface area contributed by atoms with Crippen molar-refractivity contribution in [2.75, 3.05) is 0 Å². The highest BCUT2D eigenvalue weighted by Crippen LogP contribution is 2.54. The second-order valence-corrected chi connectivity index (χ2v) is 10.4. The quantitative estimate of drug-likeness (QED) is 0.258. The normalized spacial score (nSPS) is 27.9. The number of esters is 1. The second-order valence-electron chi connectivity index (χ2n) is 9.08. The topological polar surface area (TPSA) is 101 Å². The maximum absolute atomic E-state index is 11.9. The highest BCUT2D eigenvalue weighted by molar-refractivity contribution is 9.10. The van der Waals surface area contributed by atoms with E-state index in [0.29, 0.717) is 24.0 Å². The minimum atomic E-state index is -0.589. The Morgan fingerprint density at radius 3 is 2.86 bits per heavy atom. The van der Waals surface area contributed by atoms with E-state index in [-0.39, 0.29) is 23.1 Å². The van der Waals surface area contributed by atoms with Crippen LogP contribution in [0, 0.1) is 5.92 Å². The van der Waals surface area contributed by atoms with Crippen molar-refractivity contribution in [2.24, 2.45) is 5.92 Å². The number of aromatic nitrogens is 5. The van der Waals surface area contributed by atoms with Gasteiger partial charge < -0.3 is 14.2 Å². The molecule has 11 heteroatoms. The Labute approximate surface area is 213 Å². The Bertz CT molecular complexity index is 1460. The molecule has 2 aliphatic rings. The number of fused-ring (bicyclic) bond motifs is 2. The molecule has 1 spiro atoms. The van der Waals surface area contributed by atoms with Crippen LogP contribution in [0.4, 0.5) is 0 Å². The first-order valence-electron chi connectivity index (χ1n) is 11.2. The van der Waals surface area contributed by atoms with E-state index in [2.05, 4.69) is 35.9 Å². The van der Waals surface area contributed by atoms with Gasteiger partial charge in [-0.1, -0.05) is 18.5 Å². The van der Waals surface area contributed by atoms with E-state index in [1.54, 1.807) is 17.1 Å². The molecular formula is C24H21BrClN5O4. The molecule has 1 aliphatic carbocycles. The maximum Gasteiger partial charge on any atom is 0.303 e. The molecular weight excluding hydrogens is 538 g/mol. The fraction of sp³-hybridized carbons (Fsp3) is 0.375. The number of carbonyl (C=O) groups is 1. The van der Waals surface area contributed by atoms with E-state index < -0.39 is 17.9 Å². The summed E-state index contributed by atoms with van der Waals surface area (Å²) < 4.78 is 21.3. The number of pyridine rings is 1. The van der Waals surface area contributed by atoms with E-state index >= 15 is 0 Å². The molecule has 0 radical (unpaired) electrons. The van der Waals surface area contributed by atoms with Crippen LogP contribution in [0.3, 0.4) is 0 Å². The zero-order chi connectivity index (χ0) is 24.3. The molecule has 0 bridgehead atoms. The second kappa shape index (κ2) is 8.39. The van der Waals surface area contributed by atoms with Gasteiger partial charge in [0.05, 0.1) is 17.4 Å². The molecule has 2 fully saturated rings. The van der Waals surface area contributed by atoms with Crippen molar-refractivity contribution in [1.82, 2.24) is 24.5 Å². The lowest BCUT2D eigenvalue weighted by Crippen LogP contribution is -2.54. The van der Waals surface area contributed by atoms with E-state index in [0.717, 1.165) is 21.1 Å². The molecule has 0 N–H and O–H groups in total. The summed E-state index contributed by atoms with van der Waals surface area (Å²) in [6.45, 7) is 3.45.